The summed E-state index contributed by atoms with van der Waals surface area (Å²) in [4.78, 5) is 27.2. The largest absolute Gasteiger partial charge is 0.477 e. The minimum Gasteiger partial charge on any atom is -0.477 e. The van der Waals surface area contributed by atoms with E-state index in [4.69, 9.17) is 5.11 Å². The van der Waals surface area contributed by atoms with Gasteiger partial charge in [0.2, 0.25) is 11.7 Å². The number of carbonyl (C=O) groups is 2. The average molecular weight is 249 g/mol. The summed E-state index contributed by atoms with van der Waals surface area (Å²) >= 11 is 0. The van der Waals surface area contributed by atoms with Gasteiger partial charge in [0.05, 0.1) is 0 Å². The maximum Gasteiger partial charge on any atom is 0.451 e. The molecule has 0 radical (unpaired) electrons. The SMILES string of the molecule is CC(=O)Nc1nc(C(F)(F)F)ncc1C(=O)O. The van der Waals surface area contributed by atoms with Crippen molar-refractivity contribution in [1.29, 1.82) is 0 Å². The number of aromatic carboxylic acids is 1. The van der Waals surface area contributed by atoms with E-state index < -0.39 is 35.3 Å². The summed E-state index contributed by atoms with van der Waals surface area (Å²) in [5, 5.41) is 10.6. The number of aromatic nitrogens is 2. The molecule has 0 aliphatic rings. The Bertz CT molecular complexity index is 473. The van der Waals surface area contributed by atoms with Crippen LogP contribution in [0.25, 0.3) is 0 Å². The highest BCUT2D eigenvalue weighted by atomic mass is 19.4. The van der Waals surface area contributed by atoms with Crippen molar-refractivity contribution in [2.45, 2.75) is 13.1 Å². The lowest BCUT2D eigenvalue weighted by atomic mass is 10.3. The molecule has 0 bridgehead atoms. The molecule has 6 nitrogen and oxygen atoms in total. The van der Waals surface area contributed by atoms with Crippen LogP contribution in [0.1, 0.15) is 23.1 Å². The number of rotatable bonds is 2. The van der Waals surface area contributed by atoms with Crippen molar-refractivity contribution in [2.24, 2.45) is 0 Å². The number of hydrogen-bond acceptors (Lipinski definition) is 4. The number of carboxylic acids is 1. The summed E-state index contributed by atoms with van der Waals surface area (Å²) in [6.07, 6.45) is -4.33. The fourth-order valence-corrected chi connectivity index (χ4v) is 0.937. The van der Waals surface area contributed by atoms with Crippen LogP contribution >= 0.6 is 0 Å². The molecule has 0 unspecified atom stereocenters. The van der Waals surface area contributed by atoms with E-state index in [2.05, 4.69) is 9.97 Å². The van der Waals surface area contributed by atoms with E-state index in [0.29, 0.717) is 6.20 Å². The fourth-order valence-electron chi connectivity index (χ4n) is 0.937. The summed E-state index contributed by atoms with van der Waals surface area (Å²) in [6.45, 7) is 1.01. The molecule has 1 rings (SSSR count). The van der Waals surface area contributed by atoms with Gasteiger partial charge in [-0.15, -0.1) is 0 Å². The summed E-state index contributed by atoms with van der Waals surface area (Å²) in [5.41, 5.74) is -0.617. The van der Waals surface area contributed by atoms with Gasteiger partial charge in [0.25, 0.3) is 0 Å². The third-order valence-electron chi connectivity index (χ3n) is 1.57. The highest BCUT2D eigenvalue weighted by Gasteiger charge is 2.35. The van der Waals surface area contributed by atoms with Gasteiger partial charge in [0.1, 0.15) is 5.56 Å². The zero-order valence-corrected chi connectivity index (χ0v) is 8.37. The van der Waals surface area contributed by atoms with Crippen molar-refractivity contribution in [2.75, 3.05) is 5.32 Å². The van der Waals surface area contributed by atoms with Gasteiger partial charge in [-0.1, -0.05) is 0 Å². The molecule has 0 aromatic carbocycles. The third kappa shape index (κ3) is 3.13. The van der Waals surface area contributed by atoms with Crippen molar-refractivity contribution in [3.05, 3.63) is 17.6 Å². The summed E-state index contributed by atoms with van der Waals surface area (Å²) < 4.78 is 36.8. The van der Waals surface area contributed by atoms with Crippen LogP contribution in [0.2, 0.25) is 0 Å². The molecule has 0 saturated heterocycles. The molecule has 0 aliphatic carbocycles. The van der Waals surface area contributed by atoms with Crippen molar-refractivity contribution < 1.29 is 27.9 Å². The number of carboxylic acid groups (broad SMARTS) is 1. The summed E-state index contributed by atoms with van der Waals surface area (Å²) in [7, 11) is 0. The van der Waals surface area contributed by atoms with Crippen molar-refractivity contribution >= 4 is 17.7 Å². The van der Waals surface area contributed by atoms with E-state index in [1.807, 2.05) is 5.32 Å². The van der Waals surface area contributed by atoms with Crippen molar-refractivity contribution in [3.63, 3.8) is 0 Å². The lowest BCUT2D eigenvalue weighted by Gasteiger charge is -2.09. The number of halogens is 3. The molecule has 0 fully saturated rings. The monoisotopic (exact) mass is 249 g/mol. The van der Waals surface area contributed by atoms with E-state index in [0.717, 1.165) is 6.92 Å². The first-order valence-corrected chi connectivity index (χ1v) is 4.17. The third-order valence-corrected chi connectivity index (χ3v) is 1.57. The van der Waals surface area contributed by atoms with E-state index in [1.54, 1.807) is 0 Å². The Labute approximate surface area is 92.5 Å². The normalized spacial score (nSPS) is 11.1. The van der Waals surface area contributed by atoms with Gasteiger partial charge in [-0.3, -0.25) is 4.79 Å². The van der Waals surface area contributed by atoms with E-state index in [1.165, 1.54) is 0 Å². The highest BCUT2D eigenvalue weighted by molar-refractivity contribution is 5.98. The van der Waals surface area contributed by atoms with Crippen LogP contribution in [-0.2, 0) is 11.0 Å². The Hall–Kier alpha value is -2.19. The van der Waals surface area contributed by atoms with Crippen LogP contribution in [0.4, 0.5) is 19.0 Å². The minimum atomic E-state index is -4.82. The van der Waals surface area contributed by atoms with E-state index in [9.17, 15) is 22.8 Å². The van der Waals surface area contributed by atoms with Crippen LogP contribution in [0, 0.1) is 0 Å². The number of nitrogens with zero attached hydrogens (tertiary/aromatic N) is 2. The quantitative estimate of drug-likeness (QED) is 0.820. The molecule has 0 saturated carbocycles. The van der Waals surface area contributed by atoms with Crippen LogP contribution < -0.4 is 5.32 Å². The van der Waals surface area contributed by atoms with Gasteiger partial charge in [-0.2, -0.15) is 13.2 Å². The number of carbonyl (C=O) groups excluding carboxylic acids is 1. The Morgan fingerprint density at radius 1 is 1.41 bits per heavy atom. The summed E-state index contributed by atoms with van der Waals surface area (Å²) in [5.74, 6) is -4.49. The number of nitrogens with one attached hydrogen (secondary N) is 1. The second-order valence-electron chi connectivity index (χ2n) is 2.94. The predicted octanol–water partition coefficient (Wildman–Crippen LogP) is 1.15. The maximum atomic E-state index is 12.3. The van der Waals surface area contributed by atoms with Crippen molar-refractivity contribution in [1.82, 2.24) is 9.97 Å². The van der Waals surface area contributed by atoms with Gasteiger partial charge in [-0.25, -0.2) is 14.8 Å². The zero-order valence-electron chi connectivity index (χ0n) is 8.37. The van der Waals surface area contributed by atoms with E-state index in [-0.39, 0.29) is 0 Å². The number of anilines is 1. The molecule has 17 heavy (non-hydrogen) atoms. The molecular weight excluding hydrogens is 243 g/mol. The minimum absolute atomic E-state index is 0.490. The first-order valence-electron chi connectivity index (χ1n) is 4.17. The molecule has 2 N–H and O–H groups in total. The second-order valence-corrected chi connectivity index (χ2v) is 2.94. The average Bonchev–Trinajstić information content (AvgIpc) is 2.14. The number of amides is 1. The lowest BCUT2D eigenvalue weighted by molar-refractivity contribution is -0.145. The molecule has 9 heteroatoms. The molecule has 0 atom stereocenters. The number of hydrogen-bond donors (Lipinski definition) is 2. The molecule has 0 spiro atoms. The molecule has 1 amide bonds. The molecule has 1 heterocycles. The van der Waals surface area contributed by atoms with Gasteiger partial charge in [-0.05, 0) is 0 Å². The smallest absolute Gasteiger partial charge is 0.451 e. The molecule has 0 aliphatic heterocycles. The van der Waals surface area contributed by atoms with Crippen LogP contribution in [0.5, 0.6) is 0 Å². The van der Waals surface area contributed by atoms with Crippen LogP contribution in [0.15, 0.2) is 6.20 Å². The Kier molecular flexibility index (Phi) is 3.30. The van der Waals surface area contributed by atoms with E-state index >= 15 is 0 Å². The molecule has 1 aromatic rings. The van der Waals surface area contributed by atoms with Gasteiger partial charge in [0.15, 0.2) is 5.82 Å². The summed E-state index contributed by atoms with van der Waals surface area (Å²) in [6, 6.07) is 0. The second kappa shape index (κ2) is 4.36. The zero-order chi connectivity index (χ0) is 13.2. The standard InChI is InChI=1S/C8H6F3N3O3/c1-3(15)13-5-4(6(16)17)2-12-7(14-5)8(9,10)11/h2H,1H3,(H,16,17)(H,12,13,14,15). The highest BCUT2D eigenvalue weighted by Crippen LogP contribution is 2.27. The Balaban J connectivity index is 3.29. The van der Waals surface area contributed by atoms with Gasteiger partial charge in [0, 0.05) is 13.1 Å². The first-order chi connectivity index (χ1) is 7.71. The Morgan fingerprint density at radius 3 is 2.41 bits per heavy atom. The lowest BCUT2D eigenvalue weighted by Crippen LogP contribution is -2.18. The fraction of sp³-hybridized carbons (Fsp3) is 0.250. The van der Waals surface area contributed by atoms with Crippen molar-refractivity contribution in [3.8, 4) is 0 Å². The molecular formula is C8H6F3N3O3. The van der Waals surface area contributed by atoms with Gasteiger partial charge < -0.3 is 10.4 Å². The first kappa shape index (κ1) is 12.9. The number of alkyl halides is 3. The van der Waals surface area contributed by atoms with Crippen LogP contribution in [0.3, 0.4) is 0 Å². The molecule has 1 aromatic heterocycles. The molecule has 92 valence electrons. The predicted molar refractivity (Wildman–Crippen MR) is 48.3 cm³/mol. The topological polar surface area (TPSA) is 92.2 Å². The van der Waals surface area contributed by atoms with Gasteiger partial charge >= 0.3 is 12.1 Å². The Morgan fingerprint density at radius 2 is 2.00 bits per heavy atom. The van der Waals surface area contributed by atoms with Crippen LogP contribution in [-0.4, -0.2) is 27.0 Å². The maximum absolute atomic E-state index is 12.3.